The van der Waals surface area contributed by atoms with Crippen LogP contribution in [0.1, 0.15) is 16.7 Å². The van der Waals surface area contributed by atoms with Crippen molar-refractivity contribution in [2.75, 3.05) is 0 Å². The summed E-state index contributed by atoms with van der Waals surface area (Å²) in [5, 5.41) is 2.32. The predicted octanol–water partition coefficient (Wildman–Crippen LogP) is 11.6. The van der Waals surface area contributed by atoms with Crippen molar-refractivity contribution >= 4 is 10.8 Å². The number of fused-ring (bicyclic) bond motifs is 1. The van der Waals surface area contributed by atoms with E-state index in [1.807, 2.05) is 79.4 Å². The van der Waals surface area contributed by atoms with Gasteiger partial charge in [-0.05, 0) is 95.2 Å². The van der Waals surface area contributed by atoms with Gasteiger partial charge in [-0.3, -0.25) is 4.98 Å². The number of hydrogen-bond acceptors (Lipinski definition) is 3. The summed E-state index contributed by atoms with van der Waals surface area (Å²) >= 11 is 0. The average Bonchev–Trinajstić information content (AvgIpc) is 3.15. The van der Waals surface area contributed by atoms with Crippen LogP contribution >= 0.6 is 0 Å². The number of aryl methyl sites for hydroxylation is 3. The minimum Gasteiger partial charge on any atom is -0.305 e. The summed E-state index contributed by atoms with van der Waals surface area (Å²) in [6.07, 6.45) is 7.50. The zero-order chi connectivity index (χ0) is 33.6. The number of rotatable bonds is 5. The number of pyridine rings is 3. The third-order valence-corrected chi connectivity index (χ3v) is 8.55. The predicted molar refractivity (Wildman–Crippen MR) is 203 cm³/mol. The zero-order valence-corrected chi connectivity index (χ0v) is 30.6. The van der Waals surface area contributed by atoms with Crippen molar-refractivity contribution < 1.29 is 20.1 Å². The van der Waals surface area contributed by atoms with Crippen LogP contribution in [0.25, 0.3) is 66.7 Å². The SMILES string of the molecule is Cc1ccc(-c2cc(C)cc(-c3ccc(-c4cc[c-]c(-c5ccccn5)c4)c4ccncc34)c2)cc1.Cc1ccnc(-c2[c-]cccc2)c1.[Ir]. The Morgan fingerprint density at radius 3 is 1.96 bits per heavy atom. The molecule has 0 atom stereocenters. The third-order valence-electron chi connectivity index (χ3n) is 8.55. The molecule has 1 radical (unpaired) electrons. The van der Waals surface area contributed by atoms with Crippen LogP contribution in [-0.2, 0) is 20.1 Å². The van der Waals surface area contributed by atoms with Gasteiger partial charge in [0.05, 0.1) is 0 Å². The Morgan fingerprint density at radius 1 is 0.440 bits per heavy atom. The molecule has 0 aliphatic rings. The molecule has 0 fully saturated rings. The first-order valence-electron chi connectivity index (χ1n) is 16.4. The number of aromatic nitrogens is 3. The van der Waals surface area contributed by atoms with Crippen LogP contribution in [0.4, 0.5) is 0 Å². The van der Waals surface area contributed by atoms with E-state index in [2.05, 4.69) is 127 Å². The van der Waals surface area contributed by atoms with Gasteiger partial charge in [-0.15, -0.1) is 71.3 Å². The molecule has 0 N–H and O–H groups in total. The second kappa shape index (κ2) is 15.8. The number of benzene rings is 5. The van der Waals surface area contributed by atoms with Crippen molar-refractivity contribution in [1.82, 2.24) is 15.0 Å². The Kier molecular flexibility index (Phi) is 10.8. The average molecular weight is 822 g/mol. The Labute approximate surface area is 308 Å². The Bertz CT molecular complexity index is 2350. The molecule has 3 nitrogen and oxygen atoms in total. The monoisotopic (exact) mass is 822 g/mol. The fourth-order valence-electron chi connectivity index (χ4n) is 6.09. The topological polar surface area (TPSA) is 38.7 Å². The van der Waals surface area contributed by atoms with Crippen molar-refractivity contribution in [2.45, 2.75) is 20.8 Å². The van der Waals surface area contributed by atoms with E-state index in [1.54, 1.807) is 0 Å². The molecule has 8 rings (SSSR count). The van der Waals surface area contributed by atoms with Crippen LogP contribution in [0.15, 0.2) is 158 Å². The minimum atomic E-state index is 0. The fourth-order valence-corrected chi connectivity index (χ4v) is 6.09. The van der Waals surface area contributed by atoms with Crippen LogP contribution in [-0.4, -0.2) is 15.0 Å². The number of nitrogens with zero attached hydrogens (tertiary/aromatic N) is 3. The summed E-state index contributed by atoms with van der Waals surface area (Å²) in [5.74, 6) is 0. The molecule has 0 saturated carbocycles. The quantitative estimate of drug-likeness (QED) is 0.162. The summed E-state index contributed by atoms with van der Waals surface area (Å²) in [4.78, 5) is 13.3. The molecular formula is C46H35IrN3-2. The molecule has 8 aromatic rings. The molecule has 0 unspecified atom stereocenters. The molecule has 50 heavy (non-hydrogen) atoms. The van der Waals surface area contributed by atoms with Gasteiger partial charge in [0, 0.05) is 50.3 Å². The van der Waals surface area contributed by atoms with Gasteiger partial charge in [0.1, 0.15) is 0 Å². The van der Waals surface area contributed by atoms with Gasteiger partial charge >= 0.3 is 0 Å². The molecule has 0 aliphatic carbocycles. The molecule has 0 amide bonds. The van der Waals surface area contributed by atoms with Crippen molar-refractivity contribution in [3.05, 3.63) is 187 Å². The van der Waals surface area contributed by atoms with Gasteiger partial charge in [-0.2, -0.15) is 0 Å². The standard InChI is InChI=1S/C34H25N2.C12H10N.Ir/c1-23-9-11-25(12-10-23)28-18-24(2)19-29(21-28)31-14-13-30(32-15-17-35-22-33(31)32)26-6-5-7-27(20-26)34-8-3-4-16-36-34;1-10-7-8-13-12(9-10)11-5-3-2-4-6-11;/h3-6,8-22H,1-2H3;2-5,7-9H,1H3;/q2*-1;. The maximum atomic E-state index is 4.50. The molecule has 3 aromatic heterocycles. The van der Waals surface area contributed by atoms with E-state index in [0.717, 1.165) is 33.5 Å². The van der Waals surface area contributed by atoms with E-state index in [0.29, 0.717) is 0 Å². The summed E-state index contributed by atoms with van der Waals surface area (Å²) in [7, 11) is 0. The summed E-state index contributed by atoms with van der Waals surface area (Å²) in [6.45, 7) is 6.35. The molecule has 245 valence electrons. The van der Waals surface area contributed by atoms with Gasteiger partial charge in [0.15, 0.2) is 0 Å². The zero-order valence-electron chi connectivity index (χ0n) is 28.2. The van der Waals surface area contributed by atoms with E-state index >= 15 is 0 Å². The van der Waals surface area contributed by atoms with Crippen molar-refractivity contribution in [1.29, 1.82) is 0 Å². The molecule has 0 spiro atoms. The normalized spacial score (nSPS) is 10.5. The first kappa shape index (κ1) is 34.3. The maximum Gasteiger partial charge on any atom is 0.0352 e. The van der Waals surface area contributed by atoms with Gasteiger partial charge in [-0.1, -0.05) is 77.9 Å². The summed E-state index contributed by atoms with van der Waals surface area (Å²) in [5.41, 5.74) is 14.8. The molecule has 3 heterocycles. The van der Waals surface area contributed by atoms with Crippen molar-refractivity contribution in [2.24, 2.45) is 0 Å². The summed E-state index contributed by atoms with van der Waals surface area (Å²) < 4.78 is 0. The van der Waals surface area contributed by atoms with Crippen molar-refractivity contribution in [3.8, 4) is 55.9 Å². The van der Waals surface area contributed by atoms with Crippen LogP contribution in [0.3, 0.4) is 0 Å². The van der Waals surface area contributed by atoms with E-state index in [4.69, 9.17) is 0 Å². The van der Waals surface area contributed by atoms with Crippen LogP contribution in [0.5, 0.6) is 0 Å². The van der Waals surface area contributed by atoms with E-state index in [1.165, 1.54) is 49.9 Å². The largest absolute Gasteiger partial charge is 0.305 e. The van der Waals surface area contributed by atoms with Gasteiger partial charge < -0.3 is 9.97 Å². The first-order chi connectivity index (χ1) is 24.0. The van der Waals surface area contributed by atoms with Gasteiger partial charge in [-0.25, -0.2) is 0 Å². The Balaban J connectivity index is 0.000000260. The third kappa shape index (κ3) is 7.84. The first-order valence-corrected chi connectivity index (χ1v) is 16.4. The Hall–Kier alpha value is -5.54. The van der Waals surface area contributed by atoms with E-state index in [9.17, 15) is 0 Å². The smallest absolute Gasteiger partial charge is 0.0352 e. The molecule has 0 saturated heterocycles. The Morgan fingerprint density at radius 2 is 1.20 bits per heavy atom. The van der Waals surface area contributed by atoms with Gasteiger partial charge in [0.25, 0.3) is 0 Å². The molecule has 0 bridgehead atoms. The van der Waals surface area contributed by atoms with Crippen LogP contribution < -0.4 is 0 Å². The van der Waals surface area contributed by atoms with Gasteiger partial charge in [0.2, 0.25) is 0 Å². The second-order valence-corrected chi connectivity index (χ2v) is 12.2. The summed E-state index contributed by atoms with van der Waals surface area (Å²) in [6, 6.07) is 52.7. The fraction of sp³-hybridized carbons (Fsp3) is 0.0652. The molecule has 0 aliphatic heterocycles. The molecule has 4 heteroatoms. The van der Waals surface area contributed by atoms with Crippen LogP contribution in [0.2, 0.25) is 0 Å². The maximum absolute atomic E-state index is 4.50. The van der Waals surface area contributed by atoms with Crippen molar-refractivity contribution in [3.63, 3.8) is 0 Å². The molecular weight excluding hydrogens is 787 g/mol. The molecule has 5 aromatic carbocycles. The number of hydrogen-bond donors (Lipinski definition) is 0. The minimum absolute atomic E-state index is 0. The second-order valence-electron chi connectivity index (χ2n) is 12.2. The van der Waals surface area contributed by atoms with E-state index in [-0.39, 0.29) is 20.1 Å². The van der Waals surface area contributed by atoms with Crippen LogP contribution in [0, 0.1) is 32.9 Å². The van der Waals surface area contributed by atoms with E-state index < -0.39 is 0 Å².